The second-order valence-corrected chi connectivity index (χ2v) is 2.30. The van der Waals surface area contributed by atoms with Gasteiger partial charge in [0.15, 0.2) is 5.69 Å². The molecule has 5 nitrogen and oxygen atoms in total. The van der Waals surface area contributed by atoms with Crippen molar-refractivity contribution in [2.45, 2.75) is 19.9 Å². The summed E-state index contributed by atoms with van der Waals surface area (Å²) < 4.78 is 4.79. The van der Waals surface area contributed by atoms with E-state index in [1.165, 1.54) is 0 Å². The second kappa shape index (κ2) is 3.36. The van der Waals surface area contributed by atoms with Crippen LogP contribution in [0.4, 0.5) is 0 Å². The van der Waals surface area contributed by atoms with Gasteiger partial charge in [-0.15, -0.1) is 0 Å². The molecule has 0 saturated carbocycles. The molecule has 0 unspecified atom stereocenters. The lowest BCUT2D eigenvalue weighted by Crippen LogP contribution is -2.06. The molecule has 0 aliphatic carbocycles. The Bertz CT molecular complexity index is 293. The third kappa shape index (κ3) is 1.31. The Kier molecular flexibility index (Phi) is 2.44. The van der Waals surface area contributed by atoms with Gasteiger partial charge in [0.1, 0.15) is 5.76 Å². The fourth-order valence-corrected chi connectivity index (χ4v) is 1.000. The second-order valence-electron chi connectivity index (χ2n) is 2.30. The zero-order valence-corrected chi connectivity index (χ0v) is 6.70. The fraction of sp³-hybridized carbons (Fsp3) is 0.429. The lowest BCUT2D eigenvalue weighted by Gasteiger charge is -1.93. The first kappa shape index (κ1) is 8.73. The molecule has 0 aliphatic rings. The maximum atomic E-state index is 10.5. The van der Waals surface area contributed by atoms with Crippen LogP contribution in [0.1, 0.15) is 28.7 Å². The predicted molar refractivity (Wildman–Crippen MR) is 40.7 cm³/mol. The van der Waals surface area contributed by atoms with Gasteiger partial charge < -0.3 is 15.4 Å². The van der Waals surface area contributed by atoms with E-state index in [0.29, 0.717) is 17.7 Å². The van der Waals surface area contributed by atoms with Crippen molar-refractivity contribution in [1.29, 1.82) is 0 Å². The van der Waals surface area contributed by atoms with Crippen molar-refractivity contribution in [1.82, 2.24) is 5.16 Å². The Morgan fingerprint density at radius 2 is 2.42 bits per heavy atom. The average Bonchev–Trinajstić information content (AvgIpc) is 2.46. The number of carboxylic acids is 1. The summed E-state index contributed by atoms with van der Waals surface area (Å²) >= 11 is 0. The van der Waals surface area contributed by atoms with Crippen molar-refractivity contribution in [2.75, 3.05) is 0 Å². The third-order valence-corrected chi connectivity index (χ3v) is 1.60. The monoisotopic (exact) mass is 170 g/mol. The first-order valence-corrected chi connectivity index (χ1v) is 3.61. The summed E-state index contributed by atoms with van der Waals surface area (Å²) in [5.41, 5.74) is 5.76. The lowest BCUT2D eigenvalue weighted by atomic mass is 10.1. The summed E-state index contributed by atoms with van der Waals surface area (Å²) in [6.07, 6.45) is 0.604. The number of hydrogen-bond donors (Lipinski definition) is 2. The van der Waals surface area contributed by atoms with Crippen LogP contribution in [0.3, 0.4) is 0 Å². The number of carboxylic acid groups (broad SMARTS) is 1. The van der Waals surface area contributed by atoms with Crippen molar-refractivity contribution in [3.63, 3.8) is 0 Å². The molecule has 1 aromatic heterocycles. The van der Waals surface area contributed by atoms with E-state index in [-0.39, 0.29) is 12.2 Å². The zero-order chi connectivity index (χ0) is 9.14. The van der Waals surface area contributed by atoms with Crippen LogP contribution < -0.4 is 5.73 Å². The molecule has 0 saturated heterocycles. The Morgan fingerprint density at radius 1 is 1.75 bits per heavy atom. The van der Waals surface area contributed by atoms with Crippen molar-refractivity contribution in [3.8, 4) is 0 Å². The van der Waals surface area contributed by atoms with Crippen LogP contribution in [0.2, 0.25) is 0 Å². The van der Waals surface area contributed by atoms with Crippen LogP contribution in [0.25, 0.3) is 0 Å². The van der Waals surface area contributed by atoms with Gasteiger partial charge in [0.25, 0.3) is 0 Å². The van der Waals surface area contributed by atoms with Gasteiger partial charge in [0, 0.05) is 18.5 Å². The minimum Gasteiger partial charge on any atom is -0.476 e. The molecule has 12 heavy (non-hydrogen) atoms. The van der Waals surface area contributed by atoms with Crippen molar-refractivity contribution in [3.05, 3.63) is 17.0 Å². The van der Waals surface area contributed by atoms with E-state index >= 15 is 0 Å². The highest BCUT2D eigenvalue weighted by Gasteiger charge is 2.18. The lowest BCUT2D eigenvalue weighted by molar-refractivity contribution is 0.0684. The van der Waals surface area contributed by atoms with E-state index in [4.69, 9.17) is 15.4 Å². The fourth-order valence-electron chi connectivity index (χ4n) is 1.000. The number of rotatable bonds is 3. The molecule has 3 N–H and O–H groups in total. The minimum atomic E-state index is -1.10. The summed E-state index contributed by atoms with van der Waals surface area (Å²) in [5.74, 6) is -0.547. The first-order valence-electron chi connectivity index (χ1n) is 3.61. The van der Waals surface area contributed by atoms with Gasteiger partial charge in [-0.3, -0.25) is 0 Å². The average molecular weight is 170 g/mol. The van der Waals surface area contributed by atoms with Crippen molar-refractivity contribution < 1.29 is 14.4 Å². The molecule has 0 bridgehead atoms. The van der Waals surface area contributed by atoms with E-state index < -0.39 is 5.97 Å². The van der Waals surface area contributed by atoms with Crippen molar-refractivity contribution in [2.24, 2.45) is 5.73 Å². The topological polar surface area (TPSA) is 89.3 Å². The van der Waals surface area contributed by atoms with Crippen LogP contribution in [0.5, 0.6) is 0 Å². The Morgan fingerprint density at radius 3 is 2.83 bits per heavy atom. The predicted octanol–water partition coefficient (Wildman–Crippen LogP) is 0.394. The van der Waals surface area contributed by atoms with E-state index in [9.17, 15) is 4.79 Å². The molecule has 0 spiro atoms. The van der Waals surface area contributed by atoms with E-state index in [0.717, 1.165) is 0 Å². The maximum Gasteiger partial charge on any atom is 0.358 e. The number of aromatic carboxylic acids is 1. The van der Waals surface area contributed by atoms with E-state index in [1.54, 1.807) is 0 Å². The molecule has 66 valence electrons. The number of carbonyl (C=O) groups is 1. The highest BCUT2D eigenvalue weighted by molar-refractivity contribution is 5.87. The van der Waals surface area contributed by atoms with E-state index in [1.807, 2.05) is 6.92 Å². The molecule has 1 aromatic rings. The molecule has 1 rings (SSSR count). The Labute approximate surface area is 69.2 Å². The summed E-state index contributed by atoms with van der Waals surface area (Å²) in [5, 5.41) is 12.0. The quantitative estimate of drug-likeness (QED) is 0.685. The van der Waals surface area contributed by atoms with Crippen LogP contribution in [-0.4, -0.2) is 16.2 Å². The molecule has 5 heteroatoms. The SMILES string of the molecule is CCc1onc(C(=O)O)c1CN. The summed E-state index contributed by atoms with van der Waals surface area (Å²) in [7, 11) is 0. The Hall–Kier alpha value is -1.36. The van der Waals surface area contributed by atoms with Crippen LogP contribution >= 0.6 is 0 Å². The molecule has 0 atom stereocenters. The number of nitrogens with two attached hydrogens (primary N) is 1. The number of aromatic nitrogens is 1. The third-order valence-electron chi connectivity index (χ3n) is 1.60. The van der Waals surface area contributed by atoms with Crippen LogP contribution in [-0.2, 0) is 13.0 Å². The maximum absolute atomic E-state index is 10.5. The van der Waals surface area contributed by atoms with Gasteiger partial charge in [-0.25, -0.2) is 4.79 Å². The minimum absolute atomic E-state index is 0.0747. The summed E-state index contributed by atoms with van der Waals surface area (Å²) in [6.45, 7) is 2.00. The highest BCUT2D eigenvalue weighted by Crippen LogP contribution is 2.13. The smallest absolute Gasteiger partial charge is 0.358 e. The largest absolute Gasteiger partial charge is 0.476 e. The number of aryl methyl sites for hydroxylation is 1. The van der Waals surface area contributed by atoms with Crippen LogP contribution in [0, 0.1) is 0 Å². The standard InChI is InChI=1S/C7H10N2O3/c1-2-5-4(3-8)6(7(10)11)9-12-5/h2-3,8H2,1H3,(H,10,11). The van der Waals surface area contributed by atoms with Gasteiger partial charge >= 0.3 is 5.97 Å². The first-order chi connectivity index (χ1) is 5.70. The van der Waals surface area contributed by atoms with Gasteiger partial charge in [-0.2, -0.15) is 0 Å². The molecule has 0 aromatic carbocycles. The normalized spacial score (nSPS) is 10.2. The highest BCUT2D eigenvalue weighted by atomic mass is 16.5. The van der Waals surface area contributed by atoms with E-state index in [2.05, 4.69) is 5.16 Å². The molecular weight excluding hydrogens is 160 g/mol. The van der Waals surface area contributed by atoms with Crippen molar-refractivity contribution >= 4 is 5.97 Å². The molecule has 0 amide bonds. The Balaban J connectivity index is 3.13. The molecule has 0 aliphatic heterocycles. The summed E-state index contributed by atoms with van der Waals surface area (Å²) in [6, 6.07) is 0. The summed E-state index contributed by atoms with van der Waals surface area (Å²) in [4.78, 5) is 10.5. The van der Waals surface area contributed by atoms with Gasteiger partial charge in [-0.1, -0.05) is 12.1 Å². The van der Waals surface area contributed by atoms with Crippen LogP contribution in [0.15, 0.2) is 4.52 Å². The van der Waals surface area contributed by atoms with Gasteiger partial charge in [-0.05, 0) is 0 Å². The molecule has 0 fully saturated rings. The molecule has 0 radical (unpaired) electrons. The number of hydrogen-bond acceptors (Lipinski definition) is 4. The molecular formula is C7H10N2O3. The number of nitrogens with zero attached hydrogens (tertiary/aromatic N) is 1. The van der Waals surface area contributed by atoms with Gasteiger partial charge in [0.05, 0.1) is 0 Å². The van der Waals surface area contributed by atoms with Gasteiger partial charge in [0.2, 0.25) is 0 Å². The molecule has 1 heterocycles. The zero-order valence-electron chi connectivity index (χ0n) is 6.70.